The molecule has 1 aliphatic rings. The van der Waals surface area contributed by atoms with E-state index in [0.717, 1.165) is 0 Å². The van der Waals surface area contributed by atoms with Crippen LogP contribution in [0.3, 0.4) is 0 Å². The Balaban J connectivity index is 2.23. The lowest BCUT2D eigenvalue weighted by Crippen LogP contribution is -2.41. The molecule has 0 aliphatic carbocycles. The predicted octanol–water partition coefficient (Wildman–Crippen LogP) is 0.875. The van der Waals surface area contributed by atoms with Gasteiger partial charge in [-0.1, -0.05) is 12.7 Å². The summed E-state index contributed by atoms with van der Waals surface area (Å²) in [5.74, 6) is -0.974. The van der Waals surface area contributed by atoms with Gasteiger partial charge in [-0.25, -0.2) is 9.59 Å². The minimum Gasteiger partial charge on any atom is -0.480 e. The maximum atomic E-state index is 11.5. The van der Waals surface area contributed by atoms with Crippen LogP contribution < -0.4 is 0 Å². The summed E-state index contributed by atoms with van der Waals surface area (Å²) in [6, 6.07) is 0. The predicted molar refractivity (Wildman–Crippen MR) is 59.7 cm³/mol. The molecule has 0 aromatic rings. The van der Waals surface area contributed by atoms with Crippen LogP contribution >= 0.6 is 0 Å². The third-order valence-corrected chi connectivity index (χ3v) is 2.47. The van der Waals surface area contributed by atoms with Gasteiger partial charge >= 0.3 is 12.1 Å². The smallest absolute Gasteiger partial charge is 0.410 e. The first-order chi connectivity index (χ1) is 8.13. The second-order valence-corrected chi connectivity index (χ2v) is 3.76. The van der Waals surface area contributed by atoms with E-state index in [-0.39, 0.29) is 25.4 Å². The van der Waals surface area contributed by atoms with Crippen molar-refractivity contribution in [3.8, 4) is 0 Å². The Hall–Kier alpha value is -1.56. The van der Waals surface area contributed by atoms with Crippen LogP contribution in [0.5, 0.6) is 0 Å². The van der Waals surface area contributed by atoms with Crippen LogP contribution in [-0.4, -0.2) is 54.5 Å². The van der Waals surface area contributed by atoms with Gasteiger partial charge < -0.3 is 19.5 Å². The molecular formula is C11H17NO5. The number of likely N-dealkylation sites (tertiary alicyclic amines) is 1. The summed E-state index contributed by atoms with van der Waals surface area (Å²) < 4.78 is 10.1. The number of carboxylic acids is 1. The number of carbonyl (C=O) groups is 2. The van der Waals surface area contributed by atoms with E-state index >= 15 is 0 Å². The Morgan fingerprint density at radius 3 is 2.59 bits per heavy atom. The fraction of sp³-hybridized carbons (Fsp3) is 0.636. The van der Waals surface area contributed by atoms with Crippen molar-refractivity contribution in [1.82, 2.24) is 4.90 Å². The van der Waals surface area contributed by atoms with Crippen LogP contribution in [0, 0.1) is 0 Å². The van der Waals surface area contributed by atoms with Gasteiger partial charge in [-0.15, -0.1) is 0 Å². The fourth-order valence-electron chi connectivity index (χ4n) is 1.62. The molecular weight excluding hydrogens is 226 g/mol. The molecule has 0 saturated carbocycles. The third-order valence-electron chi connectivity index (χ3n) is 2.47. The van der Waals surface area contributed by atoms with Gasteiger partial charge in [0.15, 0.2) is 0 Å². The molecule has 17 heavy (non-hydrogen) atoms. The lowest BCUT2D eigenvalue weighted by atomic mass is 10.1. The molecule has 1 amide bonds. The minimum absolute atomic E-state index is 0.0884. The van der Waals surface area contributed by atoms with E-state index in [1.54, 1.807) is 4.90 Å². The van der Waals surface area contributed by atoms with Gasteiger partial charge in [0.25, 0.3) is 0 Å². The van der Waals surface area contributed by atoms with Gasteiger partial charge in [-0.05, 0) is 12.8 Å². The second kappa shape index (κ2) is 6.90. The zero-order valence-electron chi connectivity index (χ0n) is 9.63. The van der Waals surface area contributed by atoms with E-state index in [0.29, 0.717) is 25.9 Å². The van der Waals surface area contributed by atoms with E-state index in [9.17, 15) is 9.59 Å². The van der Waals surface area contributed by atoms with Crippen molar-refractivity contribution >= 4 is 12.1 Å². The van der Waals surface area contributed by atoms with Crippen LogP contribution in [0.2, 0.25) is 0 Å². The Kier molecular flexibility index (Phi) is 5.48. The molecule has 0 atom stereocenters. The number of hydrogen-bond donors (Lipinski definition) is 1. The first-order valence-electron chi connectivity index (χ1n) is 5.49. The van der Waals surface area contributed by atoms with E-state index < -0.39 is 5.97 Å². The zero-order chi connectivity index (χ0) is 12.7. The molecule has 0 aromatic carbocycles. The third kappa shape index (κ3) is 4.86. The Bertz CT molecular complexity index is 284. The van der Waals surface area contributed by atoms with Crippen molar-refractivity contribution < 1.29 is 24.2 Å². The molecule has 0 spiro atoms. The normalized spacial score (nSPS) is 16.6. The first kappa shape index (κ1) is 13.5. The number of piperidine rings is 1. The number of carbonyl (C=O) groups excluding carboxylic acids is 1. The molecule has 1 aliphatic heterocycles. The van der Waals surface area contributed by atoms with Crippen molar-refractivity contribution in [3.63, 3.8) is 0 Å². The molecule has 6 nitrogen and oxygen atoms in total. The van der Waals surface area contributed by atoms with Crippen LogP contribution in [0.4, 0.5) is 4.79 Å². The molecule has 1 heterocycles. The lowest BCUT2D eigenvalue weighted by Gasteiger charge is -2.30. The highest BCUT2D eigenvalue weighted by Gasteiger charge is 2.24. The summed E-state index contributed by atoms with van der Waals surface area (Å²) in [7, 11) is 0. The summed E-state index contributed by atoms with van der Waals surface area (Å²) >= 11 is 0. The SMILES string of the molecule is C=CCOC(=O)N1CCC(OCC(=O)O)CC1. The number of aliphatic carboxylic acids is 1. The number of carboxylic acid groups (broad SMARTS) is 1. The molecule has 0 unspecified atom stereocenters. The van der Waals surface area contributed by atoms with Crippen molar-refractivity contribution in [3.05, 3.63) is 12.7 Å². The average Bonchev–Trinajstić information content (AvgIpc) is 2.34. The van der Waals surface area contributed by atoms with Crippen LogP contribution in [-0.2, 0) is 14.3 Å². The molecule has 1 fully saturated rings. The largest absolute Gasteiger partial charge is 0.480 e. The van der Waals surface area contributed by atoms with E-state index in [1.165, 1.54) is 6.08 Å². The highest BCUT2D eigenvalue weighted by molar-refractivity contribution is 5.68. The summed E-state index contributed by atoms with van der Waals surface area (Å²) in [6.45, 7) is 4.43. The molecule has 96 valence electrons. The molecule has 0 aromatic heterocycles. The fourth-order valence-corrected chi connectivity index (χ4v) is 1.62. The van der Waals surface area contributed by atoms with Crippen molar-refractivity contribution in [1.29, 1.82) is 0 Å². The van der Waals surface area contributed by atoms with Gasteiger partial charge in [0.05, 0.1) is 6.10 Å². The Morgan fingerprint density at radius 2 is 2.06 bits per heavy atom. The summed E-state index contributed by atoms with van der Waals surface area (Å²) in [6.07, 6.45) is 2.34. The highest BCUT2D eigenvalue weighted by Crippen LogP contribution is 2.14. The standard InChI is InChI=1S/C11H17NO5/c1-2-7-16-11(15)12-5-3-9(4-6-12)17-8-10(13)14/h2,9H,1,3-8H2,(H,13,14). The Labute approximate surface area is 99.8 Å². The van der Waals surface area contributed by atoms with Gasteiger partial charge in [-0.2, -0.15) is 0 Å². The summed E-state index contributed by atoms with van der Waals surface area (Å²) in [5, 5.41) is 8.46. The topological polar surface area (TPSA) is 76.1 Å². The van der Waals surface area contributed by atoms with Crippen LogP contribution in [0.1, 0.15) is 12.8 Å². The number of rotatable bonds is 5. The zero-order valence-corrected chi connectivity index (χ0v) is 9.63. The quantitative estimate of drug-likeness (QED) is 0.725. The van der Waals surface area contributed by atoms with Gasteiger partial charge in [0.1, 0.15) is 13.2 Å². The maximum Gasteiger partial charge on any atom is 0.410 e. The first-order valence-corrected chi connectivity index (χ1v) is 5.49. The monoisotopic (exact) mass is 243 g/mol. The second-order valence-electron chi connectivity index (χ2n) is 3.76. The minimum atomic E-state index is -0.974. The molecule has 0 bridgehead atoms. The number of hydrogen-bond acceptors (Lipinski definition) is 4. The van der Waals surface area contributed by atoms with E-state index in [1.807, 2.05) is 0 Å². The number of nitrogens with zero attached hydrogens (tertiary/aromatic N) is 1. The molecule has 1 N–H and O–H groups in total. The molecule has 1 saturated heterocycles. The van der Waals surface area contributed by atoms with Crippen molar-refractivity contribution in [2.24, 2.45) is 0 Å². The van der Waals surface area contributed by atoms with Gasteiger partial charge in [0.2, 0.25) is 0 Å². The Morgan fingerprint density at radius 1 is 1.41 bits per heavy atom. The van der Waals surface area contributed by atoms with Crippen LogP contribution in [0.25, 0.3) is 0 Å². The van der Waals surface area contributed by atoms with Crippen molar-refractivity contribution in [2.45, 2.75) is 18.9 Å². The van der Waals surface area contributed by atoms with Gasteiger partial charge in [0, 0.05) is 13.1 Å². The summed E-state index contributed by atoms with van der Waals surface area (Å²) in [4.78, 5) is 23.4. The molecule has 1 rings (SSSR count). The summed E-state index contributed by atoms with van der Waals surface area (Å²) in [5.41, 5.74) is 0. The number of ether oxygens (including phenoxy) is 2. The van der Waals surface area contributed by atoms with Gasteiger partial charge in [-0.3, -0.25) is 0 Å². The average molecular weight is 243 g/mol. The molecule has 6 heteroatoms. The van der Waals surface area contributed by atoms with Crippen molar-refractivity contribution in [2.75, 3.05) is 26.3 Å². The van der Waals surface area contributed by atoms with Crippen LogP contribution in [0.15, 0.2) is 12.7 Å². The lowest BCUT2D eigenvalue weighted by molar-refractivity contribution is -0.145. The van der Waals surface area contributed by atoms with E-state index in [2.05, 4.69) is 6.58 Å². The number of amides is 1. The maximum absolute atomic E-state index is 11.5. The molecule has 0 radical (unpaired) electrons. The highest BCUT2D eigenvalue weighted by atomic mass is 16.6. The van der Waals surface area contributed by atoms with E-state index in [4.69, 9.17) is 14.6 Å².